The van der Waals surface area contributed by atoms with Crippen molar-refractivity contribution in [2.24, 2.45) is 0 Å². The Morgan fingerprint density at radius 1 is 1.13 bits per heavy atom. The minimum Gasteiger partial charge on any atom is -0.365 e. The van der Waals surface area contributed by atoms with Gasteiger partial charge in [0.05, 0.1) is 11.4 Å². The summed E-state index contributed by atoms with van der Waals surface area (Å²) in [7, 11) is 1.48. The molecule has 0 radical (unpaired) electrons. The Morgan fingerprint density at radius 2 is 1.90 bits per heavy atom. The van der Waals surface area contributed by atoms with Crippen LogP contribution < -0.4 is 15.8 Å². The molecule has 4 rings (SSSR count). The Labute approximate surface area is 178 Å². The van der Waals surface area contributed by atoms with Gasteiger partial charge in [0.25, 0.3) is 11.5 Å². The summed E-state index contributed by atoms with van der Waals surface area (Å²) in [6.07, 6.45) is 0.571. The van der Waals surface area contributed by atoms with Gasteiger partial charge < -0.3 is 15.2 Å². The van der Waals surface area contributed by atoms with Crippen molar-refractivity contribution in [3.05, 3.63) is 57.6 Å². The van der Waals surface area contributed by atoms with Gasteiger partial charge >= 0.3 is 0 Å². The Bertz CT molecular complexity index is 1170. The highest BCUT2D eigenvalue weighted by molar-refractivity contribution is 5.92. The van der Waals surface area contributed by atoms with Crippen LogP contribution in [0.2, 0.25) is 0 Å². The second-order valence-corrected chi connectivity index (χ2v) is 7.39. The number of aromatic amines is 1. The summed E-state index contributed by atoms with van der Waals surface area (Å²) in [4.78, 5) is 43.3. The van der Waals surface area contributed by atoms with Crippen molar-refractivity contribution in [2.45, 2.75) is 19.9 Å². The summed E-state index contributed by atoms with van der Waals surface area (Å²) in [6, 6.07) is 6.92. The summed E-state index contributed by atoms with van der Waals surface area (Å²) in [5.41, 5.74) is 2.76. The molecule has 3 aromatic rings. The molecule has 0 aromatic carbocycles. The molecule has 162 valence electrons. The second kappa shape index (κ2) is 8.76. The SMILES string of the molecule is CCc1nc2ccc(CN3CCN(c4ccc(C(=O)NC)nc4F)CC3)nc2[nH]c1=O. The van der Waals surface area contributed by atoms with Gasteiger partial charge in [0.15, 0.2) is 5.65 Å². The van der Waals surface area contributed by atoms with Crippen molar-refractivity contribution in [1.29, 1.82) is 0 Å². The van der Waals surface area contributed by atoms with Crippen LogP contribution in [0.3, 0.4) is 0 Å². The monoisotopic (exact) mass is 425 g/mol. The average molecular weight is 425 g/mol. The van der Waals surface area contributed by atoms with E-state index in [4.69, 9.17) is 0 Å². The van der Waals surface area contributed by atoms with Gasteiger partial charge in [0.2, 0.25) is 5.95 Å². The fraction of sp³-hybridized carbons (Fsp3) is 0.381. The predicted molar refractivity (Wildman–Crippen MR) is 115 cm³/mol. The third-order valence-electron chi connectivity index (χ3n) is 5.40. The van der Waals surface area contributed by atoms with Gasteiger partial charge in [-0.15, -0.1) is 0 Å². The zero-order valence-corrected chi connectivity index (χ0v) is 17.5. The lowest BCUT2D eigenvalue weighted by atomic mass is 10.2. The maximum Gasteiger partial charge on any atom is 0.271 e. The second-order valence-electron chi connectivity index (χ2n) is 7.39. The fourth-order valence-electron chi connectivity index (χ4n) is 3.67. The predicted octanol–water partition coefficient (Wildman–Crippen LogP) is 1.10. The van der Waals surface area contributed by atoms with E-state index in [2.05, 4.69) is 30.2 Å². The molecule has 0 aliphatic carbocycles. The van der Waals surface area contributed by atoms with Crippen LogP contribution in [0.25, 0.3) is 11.2 Å². The topological polar surface area (TPSA) is 107 Å². The minimum absolute atomic E-state index is 0.0587. The highest BCUT2D eigenvalue weighted by Gasteiger charge is 2.21. The zero-order chi connectivity index (χ0) is 22.0. The number of nitrogens with one attached hydrogen (secondary N) is 2. The molecular weight excluding hydrogens is 401 g/mol. The number of piperazine rings is 1. The molecule has 1 aliphatic heterocycles. The Balaban J connectivity index is 1.41. The average Bonchev–Trinajstić information content (AvgIpc) is 2.78. The fourth-order valence-corrected chi connectivity index (χ4v) is 3.67. The maximum atomic E-state index is 14.4. The van der Waals surface area contributed by atoms with E-state index < -0.39 is 11.9 Å². The Hall–Kier alpha value is -3.40. The molecule has 2 N–H and O–H groups in total. The molecular formula is C21H24FN7O2. The van der Waals surface area contributed by atoms with Crippen LogP contribution in [0.4, 0.5) is 10.1 Å². The number of aryl methyl sites for hydroxylation is 1. The summed E-state index contributed by atoms with van der Waals surface area (Å²) in [5.74, 6) is -1.06. The molecule has 0 spiro atoms. The summed E-state index contributed by atoms with van der Waals surface area (Å²) in [6.45, 7) is 5.22. The van der Waals surface area contributed by atoms with E-state index in [0.717, 1.165) is 18.8 Å². The van der Waals surface area contributed by atoms with Crippen LogP contribution in [0, 0.1) is 5.95 Å². The lowest BCUT2D eigenvalue weighted by Gasteiger charge is -2.35. The third kappa shape index (κ3) is 4.38. The number of nitrogens with zero attached hydrogens (tertiary/aromatic N) is 5. The maximum absolute atomic E-state index is 14.4. The number of amides is 1. The van der Waals surface area contributed by atoms with Gasteiger partial charge in [-0.05, 0) is 30.7 Å². The normalized spacial score (nSPS) is 14.7. The number of hydrogen-bond donors (Lipinski definition) is 2. The molecule has 4 heterocycles. The molecule has 1 aliphatic rings. The highest BCUT2D eigenvalue weighted by Crippen LogP contribution is 2.20. The molecule has 1 fully saturated rings. The molecule has 0 unspecified atom stereocenters. The number of pyridine rings is 2. The van der Waals surface area contributed by atoms with Gasteiger partial charge in [-0.2, -0.15) is 4.39 Å². The van der Waals surface area contributed by atoms with E-state index in [9.17, 15) is 14.0 Å². The quantitative estimate of drug-likeness (QED) is 0.590. The number of halogens is 1. The molecule has 3 aromatic heterocycles. The number of carbonyl (C=O) groups excluding carboxylic acids is 1. The largest absolute Gasteiger partial charge is 0.365 e. The number of rotatable bonds is 5. The first-order valence-electron chi connectivity index (χ1n) is 10.2. The molecule has 9 nitrogen and oxygen atoms in total. The minimum atomic E-state index is -0.645. The van der Waals surface area contributed by atoms with E-state index in [1.54, 1.807) is 6.07 Å². The first-order valence-corrected chi connectivity index (χ1v) is 10.2. The van der Waals surface area contributed by atoms with Crippen molar-refractivity contribution in [3.63, 3.8) is 0 Å². The van der Waals surface area contributed by atoms with Gasteiger partial charge in [0, 0.05) is 39.8 Å². The van der Waals surface area contributed by atoms with E-state index in [1.165, 1.54) is 13.1 Å². The first-order chi connectivity index (χ1) is 15.0. The number of hydrogen-bond acceptors (Lipinski definition) is 7. The standard InChI is InChI=1S/C21H24FN7O2/c1-3-14-21(31)27-19-15(25-14)5-4-13(24-19)12-28-8-10-29(11-9-28)17-7-6-16(20(30)23-2)26-18(17)22/h4-7H,3,8-12H2,1-2H3,(H,23,30)(H,24,27,31). The van der Waals surface area contributed by atoms with E-state index in [1.807, 2.05) is 24.0 Å². The lowest BCUT2D eigenvalue weighted by Crippen LogP contribution is -2.46. The molecule has 0 atom stereocenters. The van der Waals surface area contributed by atoms with Crippen molar-refractivity contribution >= 4 is 22.8 Å². The lowest BCUT2D eigenvalue weighted by molar-refractivity contribution is 0.0957. The van der Waals surface area contributed by atoms with Crippen LogP contribution in [-0.2, 0) is 13.0 Å². The van der Waals surface area contributed by atoms with Crippen LogP contribution in [0.15, 0.2) is 29.1 Å². The van der Waals surface area contributed by atoms with Gasteiger partial charge in [0.1, 0.15) is 16.9 Å². The van der Waals surface area contributed by atoms with Crippen molar-refractivity contribution < 1.29 is 9.18 Å². The molecule has 31 heavy (non-hydrogen) atoms. The van der Waals surface area contributed by atoms with Crippen molar-refractivity contribution in [2.75, 3.05) is 38.1 Å². The molecule has 10 heteroatoms. The van der Waals surface area contributed by atoms with Gasteiger partial charge in [-0.1, -0.05) is 6.92 Å². The number of anilines is 1. The van der Waals surface area contributed by atoms with Gasteiger partial charge in [-0.25, -0.2) is 15.0 Å². The first kappa shape index (κ1) is 20.9. The molecule has 1 amide bonds. The van der Waals surface area contributed by atoms with Crippen LogP contribution in [-0.4, -0.2) is 64.0 Å². The highest BCUT2D eigenvalue weighted by atomic mass is 19.1. The van der Waals surface area contributed by atoms with Crippen LogP contribution in [0.5, 0.6) is 0 Å². The van der Waals surface area contributed by atoms with E-state index in [-0.39, 0.29) is 11.3 Å². The summed E-state index contributed by atoms with van der Waals surface area (Å²) in [5, 5.41) is 2.44. The smallest absolute Gasteiger partial charge is 0.271 e. The Kier molecular flexibility index (Phi) is 5.90. The Morgan fingerprint density at radius 3 is 2.58 bits per heavy atom. The van der Waals surface area contributed by atoms with Gasteiger partial charge in [-0.3, -0.25) is 14.5 Å². The molecule has 0 bridgehead atoms. The third-order valence-corrected chi connectivity index (χ3v) is 5.40. The summed E-state index contributed by atoms with van der Waals surface area (Å²) >= 11 is 0. The number of carbonyl (C=O) groups is 1. The van der Waals surface area contributed by atoms with E-state index >= 15 is 0 Å². The number of fused-ring (bicyclic) bond motifs is 1. The zero-order valence-electron chi connectivity index (χ0n) is 17.5. The van der Waals surface area contributed by atoms with E-state index in [0.29, 0.717) is 48.6 Å². The number of H-pyrrole nitrogens is 1. The molecule has 0 saturated carbocycles. The van der Waals surface area contributed by atoms with Crippen LogP contribution in [0.1, 0.15) is 28.8 Å². The summed E-state index contributed by atoms with van der Waals surface area (Å²) < 4.78 is 14.4. The van der Waals surface area contributed by atoms with Crippen molar-refractivity contribution in [3.8, 4) is 0 Å². The molecule has 1 saturated heterocycles. The number of aromatic nitrogens is 4. The van der Waals surface area contributed by atoms with Crippen LogP contribution >= 0.6 is 0 Å². The van der Waals surface area contributed by atoms with Crippen molar-refractivity contribution in [1.82, 2.24) is 30.2 Å².